The Balaban J connectivity index is 1.88. The van der Waals surface area contributed by atoms with Gasteiger partial charge in [0.2, 0.25) is 0 Å². The van der Waals surface area contributed by atoms with Crippen LogP contribution in [-0.2, 0) is 12.8 Å². The van der Waals surface area contributed by atoms with Crippen molar-refractivity contribution in [1.82, 2.24) is 20.2 Å². The molecule has 0 amide bonds. The lowest BCUT2D eigenvalue weighted by molar-refractivity contribution is 0.689. The first kappa shape index (κ1) is 13.7. The van der Waals surface area contributed by atoms with Crippen LogP contribution in [0.15, 0.2) is 36.7 Å². The summed E-state index contributed by atoms with van der Waals surface area (Å²) in [6, 6.07) is 8.66. The molecule has 1 N–H and O–H groups in total. The molecule has 1 aliphatic rings. The Kier molecular flexibility index (Phi) is 2.92. The quantitative estimate of drug-likeness (QED) is 0.568. The third-order valence-corrected chi connectivity index (χ3v) is 5.08. The van der Waals surface area contributed by atoms with E-state index in [1.165, 1.54) is 40.5 Å². The van der Waals surface area contributed by atoms with Crippen molar-refractivity contribution in [3.05, 3.63) is 53.3 Å². The van der Waals surface area contributed by atoms with Gasteiger partial charge in [-0.3, -0.25) is 5.10 Å². The van der Waals surface area contributed by atoms with Crippen LogP contribution in [0.4, 0.5) is 0 Å². The lowest BCUT2D eigenvalue weighted by atomic mass is 9.86. The molecule has 1 aliphatic carbocycles. The highest BCUT2D eigenvalue weighted by atomic mass is 15.1. The van der Waals surface area contributed by atoms with E-state index in [9.17, 15) is 0 Å². The van der Waals surface area contributed by atoms with Crippen LogP contribution in [0.3, 0.4) is 0 Å². The number of pyridine rings is 2. The molecule has 118 valence electrons. The molecular formula is C20H18N4. The lowest BCUT2D eigenvalue weighted by Crippen LogP contribution is -2.08. The summed E-state index contributed by atoms with van der Waals surface area (Å²) in [5, 5.41) is 9.56. The third kappa shape index (κ3) is 1.96. The van der Waals surface area contributed by atoms with Crippen molar-refractivity contribution in [3.63, 3.8) is 0 Å². The van der Waals surface area contributed by atoms with Crippen molar-refractivity contribution in [2.75, 3.05) is 0 Å². The maximum Gasteiger partial charge on any atom is 0.160 e. The van der Waals surface area contributed by atoms with E-state index in [0.29, 0.717) is 0 Å². The van der Waals surface area contributed by atoms with Crippen molar-refractivity contribution in [1.29, 1.82) is 0 Å². The molecule has 0 atom stereocenters. The first-order chi connectivity index (χ1) is 11.8. The third-order valence-electron chi connectivity index (χ3n) is 5.08. The van der Waals surface area contributed by atoms with Gasteiger partial charge in [-0.15, -0.1) is 0 Å². The van der Waals surface area contributed by atoms with Gasteiger partial charge in [-0.2, -0.15) is 5.10 Å². The van der Waals surface area contributed by atoms with Crippen molar-refractivity contribution in [2.45, 2.75) is 32.6 Å². The largest absolute Gasteiger partial charge is 0.276 e. The van der Waals surface area contributed by atoms with Gasteiger partial charge in [0.15, 0.2) is 5.65 Å². The molecule has 0 fully saturated rings. The molecule has 4 heteroatoms. The summed E-state index contributed by atoms with van der Waals surface area (Å²) < 4.78 is 0. The second kappa shape index (κ2) is 5.13. The minimum absolute atomic E-state index is 0.833. The molecule has 0 unspecified atom stereocenters. The Hall–Kier alpha value is -2.75. The van der Waals surface area contributed by atoms with Gasteiger partial charge in [0.05, 0.1) is 23.6 Å². The van der Waals surface area contributed by atoms with Crippen LogP contribution in [0.5, 0.6) is 0 Å². The van der Waals surface area contributed by atoms with Gasteiger partial charge in [-0.05, 0) is 43.7 Å². The molecule has 0 saturated heterocycles. The van der Waals surface area contributed by atoms with Gasteiger partial charge in [0.25, 0.3) is 0 Å². The first-order valence-electron chi connectivity index (χ1n) is 8.52. The number of benzene rings is 1. The standard InChI is InChI=1S/C20H18N4/c1-12-6-8-13(9-7-12)19-15-5-3-2-4-14(15)18-16-10-22-24-17(16)11-21-20(18)23-19/h6-11H,2-5H2,1H3,(H,22,24). The van der Waals surface area contributed by atoms with E-state index in [1.807, 2.05) is 12.4 Å². The van der Waals surface area contributed by atoms with Crippen LogP contribution in [0.2, 0.25) is 0 Å². The molecule has 0 bridgehead atoms. The molecule has 24 heavy (non-hydrogen) atoms. The van der Waals surface area contributed by atoms with E-state index in [0.717, 1.165) is 35.1 Å². The highest BCUT2D eigenvalue weighted by molar-refractivity contribution is 6.05. The summed E-state index contributed by atoms with van der Waals surface area (Å²) in [5.41, 5.74) is 8.20. The van der Waals surface area contributed by atoms with E-state index in [2.05, 4.69) is 46.4 Å². The van der Waals surface area contributed by atoms with Crippen LogP contribution in [0, 0.1) is 6.92 Å². The van der Waals surface area contributed by atoms with E-state index in [1.54, 1.807) is 0 Å². The van der Waals surface area contributed by atoms with Gasteiger partial charge in [-0.1, -0.05) is 29.8 Å². The van der Waals surface area contributed by atoms with E-state index in [4.69, 9.17) is 4.98 Å². The van der Waals surface area contributed by atoms with Gasteiger partial charge in [-0.25, -0.2) is 9.97 Å². The van der Waals surface area contributed by atoms with E-state index < -0.39 is 0 Å². The van der Waals surface area contributed by atoms with Crippen LogP contribution in [0.1, 0.15) is 29.5 Å². The zero-order chi connectivity index (χ0) is 16.1. The number of H-pyrrole nitrogens is 1. The van der Waals surface area contributed by atoms with E-state index in [-0.39, 0.29) is 0 Å². The Labute approximate surface area is 140 Å². The number of aromatic amines is 1. The fourth-order valence-corrected chi connectivity index (χ4v) is 3.85. The number of hydrogen-bond acceptors (Lipinski definition) is 3. The first-order valence-corrected chi connectivity index (χ1v) is 8.52. The summed E-state index contributed by atoms with van der Waals surface area (Å²) in [4.78, 5) is 9.58. The summed E-state index contributed by atoms with van der Waals surface area (Å²) in [5.74, 6) is 0. The van der Waals surface area contributed by atoms with Gasteiger partial charge < -0.3 is 0 Å². The maximum atomic E-state index is 4.97. The molecular weight excluding hydrogens is 296 g/mol. The smallest absolute Gasteiger partial charge is 0.160 e. The number of rotatable bonds is 1. The lowest BCUT2D eigenvalue weighted by Gasteiger charge is -2.21. The van der Waals surface area contributed by atoms with Crippen LogP contribution in [-0.4, -0.2) is 20.2 Å². The second-order valence-corrected chi connectivity index (χ2v) is 6.64. The van der Waals surface area contributed by atoms with Crippen molar-refractivity contribution in [3.8, 4) is 11.3 Å². The number of nitrogens with zero attached hydrogens (tertiary/aromatic N) is 3. The highest BCUT2D eigenvalue weighted by Gasteiger charge is 2.21. The molecule has 0 aliphatic heterocycles. The molecule has 5 rings (SSSR count). The molecule has 4 nitrogen and oxygen atoms in total. The van der Waals surface area contributed by atoms with E-state index >= 15 is 0 Å². The number of nitrogens with one attached hydrogen (secondary N) is 1. The molecule has 1 aromatic carbocycles. The number of hydrogen-bond donors (Lipinski definition) is 1. The van der Waals surface area contributed by atoms with Crippen LogP contribution < -0.4 is 0 Å². The Morgan fingerprint density at radius 2 is 1.75 bits per heavy atom. The normalized spacial score (nSPS) is 14.2. The number of aromatic nitrogens is 4. The fraction of sp³-hybridized carbons (Fsp3) is 0.250. The predicted molar refractivity (Wildman–Crippen MR) is 96.0 cm³/mol. The molecule has 4 aromatic rings. The minimum Gasteiger partial charge on any atom is -0.276 e. The Morgan fingerprint density at radius 1 is 0.958 bits per heavy atom. The average molecular weight is 314 g/mol. The molecule has 0 radical (unpaired) electrons. The monoisotopic (exact) mass is 314 g/mol. The fourth-order valence-electron chi connectivity index (χ4n) is 3.85. The van der Waals surface area contributed by atoms with Gasteiger partial charge in [0.1, 0.15) is 0 Å². The molecule has 0 saturated carbocycles. The van der Waals surface area contributed by atoms with Gasteiger partial charge in [0, 0.05) is 16.3 Å². The zero-order valence-corrected chi connectivity index (χ0v) is 13.6. The van der Waals surface area contributed by atoms with Crippen LogP contribution >= 0.6 is 0 Å². The van der Waals surface area contributed by atoms with Crippen molar-refractivity contribution in [2.24, 2.45) is 0 Å². The number of fused-ring (bicyclic) bond motifs is 5. The molecule has 3 heterocycles. The van der Waals surface area contributed by atoms with Crippen molar-refractivity contribution < 1.29 is 0 Å². The number of aryl methyl sites for hydroxylation is 2. The minimum atomic E-state index is 0.833. The van der Waals surface area contributed by atoms with Crippen LogP contribution in [0.25, 0.3) is 33.2 Å². The summed E-state index contributed by atoms with van der Waals surface area (Å²) in [7, 11) is 0. The molecule has 3 aromatic heterocycles. The average Bonchev–Trinajstić information content (AvgIpc) is 3.10. The zero-order valence-electron chi connectivity index (χ0n) is 13.6. The molecule has 0 spiro atoms. The summed E-state index contributed by atoms with van der Waals surface area (Å²) >= 11 is 0. The van der Waals surface area contributed by atoms with Gasteiger partial charge >= 0.3 is 0 Å². The maximum absolute atomic E-state index is 4.97. The highest BCUT2D eigenvalue weighted by Crippen LogP contribution is 2.36. The SMILES string of the molecule is Cc1ccc(-c2nc3ncc4[nH]ncc4c3c3c2CCCC3)cc1. The van der Waals surface area contributed by atoms with Crippen molar-refractivity contribution >= 4 is 21.9 Å². The Morgan fingerprint density at radius 3 is 2.58 bits per heavy atom. The second-order valence-electron chi connectivity index (χ2n) is 6.64. The Bertz CT molecular complexity index is 1060. The predicted octanol–water partition coefficient (Wildman–Crippen LogP) is 4.36. The topological polar surface area (TPSA) is 54.5 Å². The summed E-state index contributed by atoms with van der Waals surface area (Å²) in [6.45, 7) is 2.12. The summed E-state index contributed by atoms with van der Waals surface area (Å²) in [6.07, 6.45) is 8.39.